The molecule has 0 fully saturated rings. The Balaban J connectivity index is 2.05. The molecule has 0 unspecified atom stereocenters. The van der Waals surface area contributed by atoms with Gasteiger partial charge in [-0.2, -0.15) is 0 Å². The van der Waals surface area contributed by atoms with Crippen LogP contribution >= 0.6 is 15.9 Å². The van der Waals surface area contributed by atoms with Crippen molar-refractivity contribution in [2.45, 2.75) is 6.61 Å². The number of rotatable bonds is 3. The Labute approximate surface area is 102 Å². The Bertz CT molecular complexity index is 488. The average molecular weight is 279 g/mol. The van der Waals surface area contributed by atoms with Crippen molar-refractivity contribution in [3.63, 3.8) is 0 Å². The third kappa shape index (κ3) is 2.73. The molecule has 82 valence electrons. The molecular formula is C12H11BrN2O. The molecule has 16 heavy (non-hydrogen) atoms. The molecule has 0 atom stereocenters. The molecule has 0 bridgehead atoms. The van der Waals surface area contributed by atoms with Crippen molar-refractivity contribution in [3.8, 4) is 5.75 Å². The van der Waals surface area contributed by atoms with Gasteiger partial charge in [-0.1, -0.05) is 28.1 Å². The molecule has 3 nitrogen and oxygen atoms in total. The summed E-state index contributed by atoms with van der Waals surface area (Å²) < 4.78 is 6.59. The minimum Gasteiger partial charge on any atom is -0.489 e. The Morgan fingerprint density at radius 3 is 2.88 bits per heavy atom. The lowest BCUT2D eigenvalue weighted by molar-refractivity contribution is 0.306. The number of nitrogens with zero attached hydrogens (tertiary/aromatic N) is 1. The van der Waals surface area contributed by atoms with Gasteiger partial charge in [0, 0.05) is 16.2 Å². The molecule has 0 saturated heterocycles. The maximum atomic E-state index is 5.71. The van der Waals surface area contributed by atoms with Gasteiger partial charge in [-0.05, 0) is 24.3 Å². The van der Waals surface area contributed by atoms with E-state index in [0.717, 1.165) is 15.8 Å². The second-order valence-electron chi connectivity index (χ2n) is 3.29. The van der Waals surface area contributed by atoms with E-state index in [2.05, 4.69) is 20.9 Å². The smallest absolute Gasteiger partial charge is 0.129 e. The quantitative estimate of drug-likeness (QED) is 0.939. The highest BCUT2D eigenvalue weighted by Crippen LogP contribution is 2.19. The fourth-order valence-corrected chi connectivity index (χ4v) is 1.67. The summed E-state index contributed by atoms with van der Waals surface area (Å²) in [7, 11) is 0. The van der Waals surface area contributed by atoms with Gasteiger partial charge in [-0.25, -0.2) is 4.98 Å². The first-order valence-corrected chi connectivity index (χ1v) is 5.63. The standard InChI is InChI=1S/C12H11BrN2O/c13-10-4-1-5-11(7-10)16-8-9-3-2-6-15-12(9)14/h1-7H,8H2,(H2,14,15). The molecular weight excluding hydrogens is 268 g/mol. The largest absolute Gasteiger partial charge is 0.489 e. The molecule has 4 heteroatoms. The van der Waals surface area contributed by atoms with Crippen molar-refractivity contribution in [2.24, 2.45) is 0 Å². The summed E-state index contributed by atoms with van der Waals surface area (Å²) in [5.74, 6) is 1.31. The molecule has 0 spiro atoms. The Morgan fingerprint density at radius 1 is 1.25 bits per heavy atom. The molecule has 2 rings (SSSR count). The normalized spacial score (nSPS) is 10.1. The molecule has 0 aliphatic rings. The number of aromatic nitrogens is 1. The van der Waals surface area contributed by atoms with Crippen LogP contribution in [0.4, 0.5) is 5.82 Å². The maximum absolute atomic E-state index is 5.71. The van der Waals surface area contributed by atoms with Crippen LogP contribution in [0.25, 0.3) is 0 Å². The van der Waals surface area contributed by atoms with Crippen LogP contribution in [0.3, 0.4) is 0 Å². The lowest BCUT2D eigenvalue weighted by Gasteiger charge is -2.07. The lowest BCUT2D eigenvalue weighted by Crippen LogP contribution is -2.01. The number of nitrogens with two attached hydrogens (primary N) is 1. The number of pyridine rings is 1. The molecule has 0 saturated carbocycles. The van der Waals surface area contributed by atoms with Crippen molar-refractivity contribution >= 4 is 21.7 Å². The fraction of sp³-hybridized carbons (Fsp3) is 0.0833. The van der Waals surface area contributed by atoms with Crippen molar-refractivity contribution < 1.29 is 4.74 Å². The minimum absolute atomic E-state index is 0.427. The van der Waals surface area contributed by atoms with Crippen LogP contribution in [-0.4, -0.2) is 4.98 Å². The van der Waals surface area contributed by atoms with Crippen LogP contribution in [0.15, 0.2) is 47.1 Å². The van der Waals surface area contributed by atoms with Gasteiger partial charge in [0.15, 0.2) is 0 Å². The van der Waals surface area contributed by atoms with Crippen LogP contribution in [0, 0.1) is 0 Å². The zero-order valence-corrected chi connectivity index (χ0v) is 10.1. The van der Waals surface area contributed by atoms with Crippen LogP contribution in [0.5, 0.6) is 5.75 Å². The zero-order chi connectivity index (χ0) is 11.4. The number of nitrogen functional groups attached to an aromatic ring is 1. The lowest BCUT2D eigenvalue weighted by atomic mass is 10.3. The molecule has 1 aromatic heterocycles. The first-order valence-electron chi connectivity index (χ1n) is 4.83. The van der Waals surface area contributed by atoms with E-state index in [-0.39, 0.29) is 0 Å². The molecule has 2 aromatic rings. The van der Waals surface area contributed by atoms with Crippen molar-refractivity contribution in [1.82, 2.24) is 4.98 Å². The molecule has 0 radical (unpaired) electrons. The fourth-order valence-electron chi connectivity index (χ4n) is 1.29. The SMILES string of the molecule is Nc1ncccc1COc1cccc(Br)c1. The van der Waals surface area contributed by atoms with Crippen LogP contribution in [0.1, 0.15) is 5.56 Å². The van der Waals surface area contributed by atoms with Gasteiger partial charge in [-0.15, -0.1) is 0 Å². The number of ether oxygens (including phenoxy) is 1. The second kappa shape index (κ2) is 4.99. The van der Waals surface area contributed by atoms with E-state index in [1.165, 1.54) is 0 Å². The molecule has 0 amide bonds. The Kier molecular flexibility index (Phi) is 3.41. The number of anilines is 1. The monoisotopic (exact) mass is 278 g/mol. The van der Waals surface area contributed by atoms with Gasteiger partial charge in [-0.3, -0.25) is 0 Å². The van der Waals surface area contributed by atoms with Crippen molar-refractivity contribution in [1.29, 1.82) is 0 Å². The first kappa shape index (κ1) is 11.0. The number of benzene rings is 1. The van der Waals surface area contributed by atoms with Gasteiger partial charge >= 0.3 is 0 Å². The van der Waals surface area contributed by atoms with E-state index in [9.17, 15) is 0 Å². The third-order valence-electron chi connectivity index (χ3n) is 2.12. The van der Waals surface area contributed by atoms with E-state index in [0.29, 0.717) is 12.4 Å². The second-order valence-corrected chi connectivity index (χ2v) is 4.21. The summed E-state index contributed by atoms with van der Waals surface area (Å²) in [5, 5.41) is 0. The van der Waals surface area contributed by atoms with Crippen LogP contribution < -0.4 is 10.5 Å². The summed E-state index contributed by atoms with van der Waals surface area (Å²) in [6.45, 7) is 0.427. The maximum Gasteiger partial charge on any atom is 0.129 e. The van der Waals surface area contributed by atoms with Crippen LogP contribution in [-0.2, 0) is 6.61 Å². The van der Waals surface area contributed by atoms with E-state index >= 15 is 0 Å². The highest BCUT2D eigenvalue weighted by molar-refractivity contribution is 9.10. The highest BCUT2D eigenvalue weighted by Gasteiger charge is 2.00. The van der Waals surface area contributed by atoms with Gasteiger partial charge in [0.25, 0.3) is 0 Å². The van der Waals surface area contributed by atoms with Crippen molar-refractivity contribution in [2.75, 3.05) is 5.73 Å². The Hall–Kier alpha value is -1.55. The zero-order valence-electron chi connectivity index (χ0n) is 8.56. The molecule has 2 N–H and O–H groups in total. The summed E-state index contributed by atoms with van der Waals surface area (Å²) in [6, 6.07) is 11.4. The number of halogens is 1. The average Bonchev–Trinajstić information content (AvgIpc) is 2.28. The molecule has 0 aliphatic heterocycles. The van der Waals surface area contributed by atoms with E-state index in [1.54, 1.807) is 6.20 Å². The van der Waals surface area contributed by atoms with Gasteiger partial charge in [0.2, 0.25) is 0 Å². The number of hydrogen-bond donors (Lipinski definition) is 1. The molecule has 1 heterocycles. The summed E-state index contributed by atoms with van der Waals surface area (Å²) in [5.41, 5.74) is 6.61. The predicted octanol–water partition coefficient (Wildman–Crippen LogP) is 3.01. The van der Waals surface area contributed by atoms with Crippen LogP contribution in [0.2, 0.25) is 0 Å². The Morgan fingerprint density at radius 2 is 2.12 bits per heavy atom. The predicted molar refractivity (Wildman–Crippen MR) is 67.1 cm³/mol. The molecule has 1 aromatic carbocycles. The first-order chi connectivity index (χ1) is 7.75. The van der Waals surface area contributed by atoms with E-state index in [1.807, 2.05) is 36.4 Å². The minimum atomic E-state index is 0.427. The summed E-state index contributed by atoms with van der Waals surface area (Å²) >= 11 is 3.39. The van der Waals surface area contributed by atoms with Gasteiger partial charge in [0.05, 0.1) is 0 Å². The number of hydrogen-bond acceptors (Lipinski definition) is 3. The topological polar surface area (TPSA) is 48.1 Å². The highest BCUT2D eigenvalue weighted by atomic mass is 79.9. The van der Waals surface area contributed by atoms with E-state index < -0.39 is 0 Å². The van der Waals surface area contributed by atoms with Crippen molar-refractivity contribution in [3.05, 3.63) is 52.6 Å². The van der Waals surface area contributed by atoms with Gasteiger partial charge in [0.1, 0.15) is 18.2 Å². The van der Waals surface area contributed by atoms with E-state index in [4.69, 9.17) is 10.5 Å². The summed E-state index contributed by atoms with van der Waals surface area (Å²) in [4.78, 5) is 4.00. The third-order valence-corrected chi connectivity index (χ3v) is 2.61. The molecule has 0 aliphatic carbocycles. The van der Waals surface area contributed by atoms with Gasteiger partial charge < -0.3 is 10.5 Å². The summed E-state index contributed by atoms with van der Waals surface area (Å²) in [6.07, 6.45) is 1.66.